The Morgan fingerprint density at radius 1 is 1.11 bits per heavy atom. The van der Waals surface area contributed by atoms with Gasteiger partial charge in [-0.3, -0.25) is 4.79 Å². The topological polar surface area (TPSA) is 20.3 Å². The Balaban J connectivity index is 1.93. The fourth-order valence-corrected chi connectivity index (χ4v) is 3.03. The number of anilines is 1. The third-order valence-corrected chi connectivity index (χ3v) is 4.37. The summed E-state index contributed by atoms with van der Waals surface area (Å²) in [6.07, 6.45) is 0. The zero-order chi connectivity index (χ0) is 13.4. The molecule has 0 radical (unpaired) electrons. The minimum Gasteiger partial charge on any atom is -0.306 e. The van der Waals surface area contributed by atoms with Gasteiger partial charge in [-0.1, -0.05) is 57.9 Å². The number of para-hydroxylation sites is 1. The van der Waals surface area contributed by atoms with Crippen LogP contribution in [-0.2, 0) is 11.3 Å². The van der Waals surface area contributed by atoms with E-state index < -0.39 is 0 Å². The van der Waals surface area contributed by atoms with Gasteiger partial charge in [0.2, 0.25) is 5.91 Å². The van der Waals surface area contributed by atoms with E-state index in [0.29, 0.717) is 11.6 Å². The second-order valence-corrected chi connectivity index (χ2v) is 5.82. The SMILES string of the molecule is O=C1C(Br)c2ccccc2N1Cc1ccc(Cl)cc1. The normalized spacial score (nSPS) is 17.7. The highest BCUT2D eigenvalue weighted by Gasteiger charge is 2.34. The van der Waals surface area contributed by atoms with Gasteiger partial charge in [0.1, 0.15) is 4.83 Å². The lowest BCUT2D eigenvalue weighted by atomic mass is 10.1. The third kappa shape index (κ3) is 2.28. The Hall–Kier alpha value is -1.32. The van der Waals surface area contributed by atoms with E-state index in [1.165, 1.54) is 0 Å². The van der Waals surface area contributed by atoms with E-state index in [2.05, 4.69) is 15.9 Å². The molecule has 96 valence electrons. The maximum atomic E-state index is 12.3. The molecule has 1 amide bonds. The van der Waals surface area contributed by atoms with Crippen LogP contribution in [0, 0.1) is 0 Å². The van der Waals surface area contributed by atoms with E-state index >= 15 is 0 Å². The van der Waals surface area contributed by atoms with Crippen molar-refractivity contribution in [1.29, 1.82) is 0 Å². The van der Waals surface area contributed by atoms with Crippen molar-refractivity contribution >= 4 is 39.1 Å². The molecule has 0 fully saturated rings. The molecule has 1 unspecified atom stereocenters. The van der Waals surface area contributed by atoms with E-state index in [-0.39, 0.29) is 10.7 Å². The van der Waals surface area contributed by atoms with E-state index in [9.17, 15) is 4.79 Å². The van der Waals surface area contributed by atoms with Crippen LogP contribution in [0.15, 0.2) is 48.5 Å². The van der Waals surface area contributed by atoms with Gasteiger partial charge in [-0.25, -0.2) is 0 Å². The van der Waals surface area contributed by atoms with Crippen molar-refractivity contribution in [3.8, 4) is 0 Å². The molecule has 4 heteroatoms. The van der Waals surface area contributed by atoms with E-state index in [0.717, 1.165) is 16.8 Å². The van der Waals surface area contributed by atoms with Gasteiger partial charge in [-0.05, 0) is 29.3 Å². The summed E-state index contributed by atoms with van der Waals surface area (Å²) in [5.41, 5.74) is 3.07. The highest BCUT2D eigenvalue weighted by Crippen LogP contribution is 2.41. The molecule has 19 heavy (non-hydrogen) atoms. The summed E-state index contributed by atoms with van der Waals surface area (Å²) < 4.78 is 0. The maximum Gasteiger partial charge on any atom is 0.245 e. The Labute approximate surface area is 125 Å². The van der Waals surface area contributed by atoms with Crippen LogP contribution in [0.25, 0.3) is 0 Å². The smallest absolute Gasteiger partial charge is 0.245 e. The standard InChI is InChI=1S/C15H11BrClNO/c16-14-12-3-1-2-4-13(12)18(15(14)19)9-10-5-7-11(17)8-6-10/h1-8,14H,9H2. The summed E-state index contributed by atoms with van der Waals surface area (Å²) in [6, 6.07) is 15.4. The van der Waals surface area contributed by atoms with Crippen LogP contribution < -0.4 is 4.90 Å². The van der Waals surface area contributed by atoms with E-state index in [4.69, 9.17) is 11.6 Å². The molecule has 0 saturated heterocycles. The predicted octanol–water partition coefficient (Wildman–Crippen LogP) is 4.32. The molecular weight excluding hydrogens is 326 g/mol. The first-order valence-electron chi connectivity index (χ1n) is 5.95. The number of carbonyl (C=O) groups excluding carboxylic acids is 1. The summed E-state index contributed by atoms with van der Waals surface area (Å²) in [4.78, 5) is 13.9. The van der Waals surface area contributed by atoms with Crippen LogP contribution in [0.5, 0.6) is 0 Å². The number of fused-ring (bicyclic) bond motifs is 1. The van der Waals surface area contributed by atoms with E-state index in [1.807, 2.05) is 48.5 Å². The van der Waals surface area contributed by atoms with Crippen molar-refractivity contribution in [2.24, 2.45) is 0 Å². The number of rotatable bonds is 2. The summed E-state index contributed by atoms with van der Waals surface area (Å²) >= 11 is 9.33. The molecule has 1 aliphatic heterocycles. The maximum absolute atomic E-state index is 12.3. The van der Waals surface area contributed by atoms with Gasteiger partial charge < -0.3 is 4.90 Å². The van der Waals surface area contributed by atoms with Crippen LogP contribution in [0.2, 0.25) is 5.02 Å². The third-order valence-electron chi connectivity index (χ3n) is 3.24. The highest BCUT2D eigenvalue weighted by molar-refractivity contribution is 9.09. The minimum atomic E-state index is -0.240. The lowest BCUT2D eigenvalue weighted by Crippen LogP contribution is -2.26. The lowest BCUT2D eigenvalue weighted by Gasteiger charge is -2.17. The molecule has 2 nitrogen and oxygen atoms in total. The second kappa shape index (κ2) is 4.99. The number of alkyl halides is 1. The molecule has 0 aliphatic carbocycles. The zero-order valence-corrected chi connectivity index (χ0v) is 12.4. The molecule has 0 spiro atoms. The van der Waals surface area contributed by atoms with Crippen LogP contribution in [0.3, 0.4) is 0 Å². The van der Waals surface area contributed by atoms with Crippen LogP contribution in [0.1, 0.15) is 16.0 Å². The number of nitrogens with zero attached hydrogens (tertiary/aromatic N) is 1. The molecule has 0 bridgehead atoms. The number of hydrogen-bond acceptors (Lipinski definition) is 1. The van der Waals surface area contributed by atoms with Gasteiger partial charge in [-0.15, -0.1) is 0 Å². The van der Waals surface area contributed by atoms with E-state index in [1.54, 1.807) is 4.90 Å². The lowest BCUT2D eigenvalue weighted by molar-refractivity contribution is -0.117. The quantitative estimate of drug-likeness (QED) is 0.748. The van der Waals surface area contributed by atoms with Crippen molar-refractivity contribution in [2.75, 3.05) is 4.90 Å². The second-order valence-electron chi connectivity index (χ2n) is 4.47. The number of amides is 1. The van der Waals surface area contributed by atoms with Crippen LogP contribution >= 0.6 is 27.5 Å². The van der Waals surface area contributed by atoms with Crippen molar-refractivity contribution in [3.05, 3.63) is 64.7 Å². The largest absolute Gasteiger partial charge is 0.306 e. The molecule has 2 aromatic rings. The fraction of sp³-hybridized carbons (Fsp3) is 0.133. The van der Waals surface area contributed by atoms with Gasteiger partial charge in [-0.2, -0.15) is 0 Å². The Kier molecular flexibility index (Phi) is 3.33. The summed E-state index contributed by atoms with van der Waals surface area (Å²) in [7, 11) is 0. The minimum absolute atomic E-state index is 0.0798. The van der Waals surface area contributed by atoms with Crippen molar-refractivity contribution in [3.63, 3.8) is 0 Å². The first-order valence-corrected chi connectivity index (χ1v) is 7.25. The molecule has 1 aliphatic rings. The molecule has 0 aromatic heterocycles. The zero-order valence-electron chi connectivity index (χ0n) is 10.0. The summed E-state index contributed by atoms with van der Waals surface area (Å²) in [6.45, 7) is 0.565. The fourth-order valence-electron chi connectivity index (χ4n) is 2.27. The Bertz CT molecular complexity index is 626. The van der Waals surface area contributed by atoms with Gasteiger partial charge in [0.15, 0.2) is 0 Å². The molecule has 0 saturated carbocycles. The molecule has 1 atom stereocenters. The first kappa shape index (κ1) is 12.7. The number of halogens is 2. The van der Waals surface area contributed by atoms with Crippen molar-refractivity contribution in [2.45, 2.75) is 11.4 Å². The van der Waals surface area contributed by atoms with Crippen molar-refractivity contribution < 1.29 is 4.79 Å². The molecule has 0 N–H and O–H groups in total. The Morgan fingerprint density at radius 2 is 1.79 bits per heavy atom. The Morgan fingerprint density at radius 3 is 2.53 bits per heavy atom. The number of benzene rings is 2. The van der Waals surface area contributed by atoms with Crippen LogP contribution in [-0.4, -0.2) is 5.91 Å². The highest BCUT2D eigenvalue weighted by atomic mass is 79.9. The first-order chi connectivity index (χ1) is 9.16. The molecule has 2 aromatic carbocycles. The molecule has 1 heterocycles. The van der Waals surface area contributed by atoms with Gasteiger partial charge in [0, 0.05) is 10.7 Å². The summed E-state index contributed by atoms with van der Waals surface area (Å²) in [5, 5.41) is 0.704. The predicted molar refractivity (Wildman–Crippen MR) is 80.8 cm³/mol. The average Bonchev–Trinajstić information content (AvgIpc) is 2.67. The van der Waals surface area contributed by atoms with Crippen molar-refractivity contribution in [1.82, 2.24) is 0 Å². The van der Waals surface area contributed by atoms with Gasteiger partial charge in [0.25, 0.3) is 0 Å². The van der Waals surface area contributed by atoms with Crippen LogP contribution in [0.4, 0.5) is 5.69 Å². The average molecular weight is 337 g/mol. The van der Waals surface area contributed by atoms with Gasteiger partial charge in [0.05, 0.1) is 6.54 Å². The number of hydrogen-bond donors (Lipinski definition) is 0. The number of carbonyl (C=O) groups is 1. The molecular formula is C15H11BrClNO. The molecule has 3 rings (SSSR count). The summed E-state index contributed by atoms with van der Waals surface area (Å²) in [5.74, 6) is 0.0798. The monoisotopic (exact) mass is 335 g/mol. The van der Waals surface area contributed by atoms with Gasteiger partial charge >= 0.3 is 0 Å².